The van der Waals surface area contributed by atoms with Gasteiger partial charge in [-0.15, -0.1) is 11.3 Å². The molecule has 1 aromatic carbocycles. The monoisotopic (exact) mass is 327 g/mol. The van der Waals surface area contributed by atoms with E-state index in [0.29, 0.717) is 6.54 Å². The quantitative estimate of drug-likeness (QED) is 0.738. The van der Waals surface area contributed by atoms with Gasteiger partial charge in [-0.2, -0.15) is 0 Å². The highest BCUT2D eigenvalue weighted by atomic mass is 32.1. The van der Waals surface area contributed by atoms with E-state index in [1.165, 1.54) is 5.56 Å². The summed E-state index contributed by atoms with van der Waals surface area (Å²) in [6.45, 7) is 5.45. The SMILES string of the molecule is Cc1ccc2c(c1)cc(CN(C)Cc1nc(C)cs1)c(=O)n2C. The minimum absolute atomic E-state index is 0.0727. The van der Waals surface area contributed by atoms with Gasteiger partial charge in [-0.3, -0.25) is 9.69 Å². The van der Waals surface area contributed by atoms with Crippen LogP contribution in [-0.4, -0.2) is 21.5 Å². The van der Waals surface area contributed by atoms with E-state index in [0.717, 1.165) is 33.7 Å². The molecule has 0 radical (unpaired) electrons. The van der Waals surface area contributed by atoms with Crippen LogP contribution < -0.4 is 5.56 Å². The lowest BCUT2D eigenvalue weighted by atomic mass is 10.1. The number of fused-ring (bicyclic) bond motifs is 1. The van der Waals surface area contributed by atoms with Crippen molar-refractivity contribution in [1.82, 2.24) is 14.5 Å². The molecular weight excluding hydrogens is 306 g/mol. The summed E-state index contributed by atoms with van der Waals surface area (Å²) < 4.78 is 1.74. The smallest absolute Gasteiger partial charge is 0.255 e. The molecule has 0 saturated carbocycles. The van der Waals surface area contributed by atoms with Crippen LogP contribution in [0.15, 0.2) is 34.4 Å². The third-order valence-electron chi connectivity index (χ3n) is 3.97. The molecule has 120 valence electrons. The highest BCUT2D eigenvalue weighted by molar-refractivity contribution is 7.09. The highest BCUT2D eigenvalue weighted by Gasteiger charge is 2.11. The van der Waals surface area contributed by atoms with Gasteiger partial charge < -0.3 is 4.57 Å². The molecule has 5 heteroatoms. The zero-order valence-electron chi connectivity index (χ0n) is 14.0. The van der Waals surface area contributed by atoms with E-state index in [1.807, 2.05) is 39.2 Å². The topological polar surface area (TPSA) is 38.1 Å². The summed E-state index contributed by atoms with van der Waals surface area (Å²) in [4.78, 5) is 19.2. The van der Waals surface area contributed by atoms with E-state index < -0.39 is 0 Å². The number of thiazole rings is 1. The molecule has 4 nitrogen and oxygen atoms in total. The molecule has 0 atom stereocenters. The second-order valence-corrected chi connectivity index (χ2v) is 7.09. The first kappa shape index (κ1) is 15.9. The molecule has 0 fully saturated rings. The average molecular weight is 327 g/mol. The van der Waals surface area contributed by atoms with E-state index in [1.54, 1.807) is 15.9 Å². The van der Waals surface area contributed by atoms with Crippen LogP contribution in [0.1, 0.15) is 21.8 Å². The lowest BCUT2D eigenvalue weighted by Crippen LogP contribution is -2.27. The molecule has 0 aliphatic heterocycles. The maximum absolute atomic E-state index is 12.6. The summed E-state index contributed by atoms with van der Waals surface area (Å²) in [6.07, 6.45) is 0. The number of hydrogen-bond donors (Lipinski definition) is 0. The van der Waals surface area contributed by atoms with Crippen LogP contribution in [0, 0.1) is 13.8 Å². The molecule has 23 heavy (non-hydrogen) atoms. The predicted molar refractivity (Wildman–Crippen MR) is 95.9 cm³/mol. The van der Waals surface area contributed by atoms with Gasteiger partial charge in [0.2, 0.25) is 0 Å². The summed E-state index contributed by atoms with van der Waals surface area (Å²) >= 11 is 1.66. The fraction of sp³-hybridized carbons (Fsp3) is 0.333. The number of aryl methyl sites for hydroxylation is 3. The molecule has 0 unspecified atom stereocenters. The van der Waals surface area contributed by atoms with Gasteiger partial charge in [-0.25, -0.2) is 4.98 Å². The second kappa shape index (κ2) is 6.26. The van der Waals surface area contributed by atoms with Crippen molar-refractivity contribution in [3.8, 4) is 0 Å². The van der Waals surface area contributed by atoms with Gasteiger partial charge in [-0.1, -0.05) is 11.6 Å². The molecule has 0 amide bonds. The van der Waals surface area contributed by atoms with Crippen LogP contribution >= 0.6 is 11.3 Å². The molecule has 0 saturated heterocycles. The van der Waals surface area contributed by atoms with Gasteiger partial charge in [0.15, 0.2) is 0 Å². The number of aromatic nitrogens is 2. The molecule has 3 rings (SSSR count). The number of nitrogens with zero attached hydrogens (tertiary/aromatic N) is 3. The highest BCUT2D eigenvalue weighted by Crippen LogP contribution is 2.17. The summed E-state index contributed by atoms with van der Waals surface area (Å²) in [5, 5.41) is 4.25. The fourth-order valence-electron chi connectivity index (χ4n) is 2.84. The van der Waals surface area contributed by atoms with Crippen LogP contribution in [0.3, 0.4) is 0 Å². The molecule has 0 bridgehead atoms. The Kier molecular flexibility index (Phi) is 4.33. The molecule has 0 N–H and O–H groups in total. The Bertz CT molecular complexity index is 910. The van der Waals surface area contributed by atoms with Crippen molar-refractivity contribution in [3.63, 3.8) is 0 Å². The van der Waals surface area contributed by atoms with Crippen molar-refractivity contribution in [2.24, 2.45) is 7.05 Å². The van der Waals surface area contributed by atoms with Crippen molar-refractivity contribution < 1.29 is 0 Å². The Morgan fingerprint density at radius 2 is 2.00 bits per heavy atom. The lowest BCUT2D eigenvalue weighted by Gasteiger charge is -2.16. The number of benzene rings is 1. The van der Waals surface area contributed by atoms with Crippen molar-refractivity contribution in [2.45, 2.75) is 26.9 Å². The summed E-state index contributed by atoms with van der Waals surface area (Å²) in [5.41, 5.74) is 4.12. The van der Waals surface area contributed by atoms with Crippen molar-refractivity contribution >= 4 is 22.2 Å². The largest absolute Gasteiger partial charge is 0.311 e. The van der Waals surface area contributed by atoms with E-state index in [2.05, 4.69) is 28.3 Å². The minimum Gasteiger partial charge on any atom is -0.311 e. The Labute approximate surface area is 140 Å². The maximum atomic E-state index is 12.6. The molecule has 0 aliphatic rings. The normalized spacial score (nSPS) is 11.5. The van der Waals surface area contributed by atoms with Crippen molar-refractivity contribution in [1.29, 1.82) is 0 Å². The molecular formula is C18H21N3OS. The van der Waals surface area contributed by atoms with Crippen LogP contribution in [0.2, 0.25) is 0 Å². The maximum Gasteiger partial charge on any atom is 0.255 e. The zero-order valence-corrected chi connectivity index (χ0v) is 14.8. The van der Waals surface area contributed by atoms with Crippen LogP contribution in [0.4, 0.5) is 0 Å². The minimum atomic E-state index is 0.0727. The Morgan fingerprint density at radius 3 is 2.70 bits per heavy atom. The van der Waals surface area contributed by atoms with E-state index in [9.17, 15) is 4.79 Å². The second-order valence-electron chi connectivity index (χ2n) is 6.15. The third kappa shape index (κ3) is 3.35. The Morgan fingerprint density at radius 1 is 1.22 bits per heavy atom. The van der Waals surface area contributed by atoms with Gasteiger partial charge in [0.25, 0.3) is 5.56 Å². The first-order valence-corrected chi connectivity index (χ1v) is 8.51. The molecule has 0 spiro atoms. The number of hydrogen-bond acceptors (Lipinski definition) is 4. The molecule has 2 aromatic heterocycles. The Hall–Kier alpha value is -1.98. The Balaban J connectivity index is 1.90. The van der Waals surface area contributed by atoms with Gasteiger partial charge in [0.05, 0.1) is 12.1 Å². The predicted octanol–water partition coefficient (Wildman–Crippen LogP) is 3.24. The fourth-order valence-corrected chi connectivity index (χ4v) is 3.69. The van der Waals surface area contributed by atoms with Crippen LogP contribution in [-0.2, 0) is 20.1 Å². The lowest BCUT2D eigenvalue weighted by molar-refractivity contribution is 0.316. The van der Waals surface area contributed by atoms with Gasteiger partial charge in [-0.05, 0) is 44.5 Å². The average Bonchev–Trinajstić information content (AvgIpc) is 2.89. The molecule has 2 heterocycles. The van der Waals surface area contributed by atoms with Gasteiger partial charge >= 0.3 is 0 Å². The number of pyridine rings is 1. The third-order valence-corrected chi connectivity index (χ3v) is 4.92. The summed E-state index contributed by atoms with van der Waals surface area (Å²) in [5.74, 6) is 0. The molecule has 0 aliphatic carbocycles. The summed E-state index contributed by atoms with van der Waals surface area (Å²) in [7, 11) is 3.87. The zero-order chi connectivity index (χ0) is 16.6. The van der Waals surface area contributed by atoms with Crippen LogP contribution in [0.25, 0.3) is 10.9 Å². The van der Waals surface area contributed by atoms with Crippen molar-refractivity contribution in [3.05, 3.63) is 61.8 Å². The van der Waals surface area contributed by atoms with Gasteiger partial charge in [0, 0.05) is 30.2 Å². The van der Waals surface area contributed by atoms with Crippen LogP contribution in [0.5, 0.6) is 0 Å². The van der Waals surface area contributed by atoms with Crippen molar-refractivity contribution in [2.75, 3.05) is 7.05 Å². The first-order valence-electron chi connectivity index (χ1n) is 7.63. The summed E-state index contributed by atoms with van der Waals surface area (Å²) in [6, 6.07) is 8.20. The standard InChI is InChI=1S/C18H21N3OS/c1-12-5-6-16-14(7-12)8-15(18(22)21(16)4)9-20(3)10-17-19-13(2)11-23-17/h5-8,11H,9-10H2,1-4H3. The number of rotatable bonds is 4. The molecule has 3 aromatic rings. The van der Waals surface area contributed by atoms with E-state index in [4.69, 9.17) is 0 Å². The van der Waals surface area contributed by atoms with E-state index in [-0.39, 0.29) is 5.56 Å². The van der Waals surface area contributed by atoms with Gasteiger partial charge in [0.1, 0.15) is 5.01 Å². The first-order chi connectivity index (χ1) is 10.9. The van der Waals surface area contributed by atoms with E-state index >= 15 is 0 Å².